The highest BCUT2D eigenvalue weighted by atomic mass is 32.2. The maximum atomic E-state index is 12.4. The lowest BCUT2D eigenvalue weighted by Gasteiger charge is -2.12. The van der Waals surface area contributed by atoms with Crippen LogP contribution in [0.25, 0.3) is 0 Å². The van der Waals surface area contributed by atoms with E-state index in [1.807, 2.05) is 97.1 Å². The van der Waals surface area contributed by atoms with Gasteiger partial charge in [0, 0.05) is 9.79 Å². The van der Waals surface area contributed by atoms with Crippen molar-refractivity contribution < 1.29 is 14.3 Å². The summed E-state index contributed by atoms with van der Waals surface area (Å²) >= 11 is 1.61. The molecule has 0 unspecified atom stereocenters. The Morgan fingerprint density at radius 3 is 2.00 bits per heavy atom. The summed E-state index contributed by atoms with van der Waals surface area (Å²) in [5, 5.41) is 2.94. The van der Waals surface area contributed by atoms with Crippen LogP contribution in [0.4, 0.5) is 5.69 Å². The number of amides is 1. The molecule has 160 valence electrons. The van der Waals surface area contributed by atoms with Gasteiger partial charge in [0.2, 0.25) is 0 Å². The first-order chi connectivity index (χ1) is 15.8. The fraction of sp³-hybridized carbons (Fsp3) is 0.0741. The quantitative estimate of drug-likeness (QED) is 0.325. The SMILES string of the molecule is O=C(COc1ccc(OCc2ccccc2)cc1)Nc1ccccc1Sc1ccccc1. The predicted octanol–water partition coefficient (Wildman–Crippen LogP) is 6.43. The number of rotatable bonds is 9. The van der Waals surface area contributed by atoms with Gasteiger partial charge in [0.25, 0.3) is 5.91 Å². The highest BCUT2D eigenvalue weighted by Gasteiger charge is 2.09. The summed E-state index contributed by atoms with van der Waals surface area (Å²) in [4.78, 5) is 14.5. The second kappa shape index (κ2) is 11.1. The summed E-state index contributed by atoms with van der Waals surface area (Å²) in [6, 6.07) is 35.1. The van der Waals surface area contributed by atoms with Gasteiger partial charge < -0.3 is 14.8 Å². The molecule has 1 N–H and O–H groups in total. The Hall–Kier alpha value is -3.70. The van der Waals surface area contributed by atoms with Crippen molar-refractivity contribution in [1.82, 2.24) is 0 Å². The van der Waals surface area contributed by atoms with Gasteiger partial charge in [-0.2, -0.15) is 0 Å². The molecule has 0 radical (unpaired) electrons. The average Bonchev–Trinajstić information content (AvgIpc) is 2.85. The average molecular weight is 442 g/mol. The Balaban J connectivity index is 1.28. The summed E-state index contributed by atoms with van der Waals surface area (Å²) in [6.45, 7) is 0.429. The van der Waals surface area contributed by atoms with Crippen molar-refractivity contribution in [1.29, 1.82) is 0 Å². The largest absolute Gasteiger partial charge is 0.489 e. The molecule has 0 aliphatic heterocycles. The molecule has 0 saturated heterocycles. The number of carbonyl (C=O) groups excluding carboxylic acids is 1. The number of hydrogen-bond acceptors (Lipinski definition) is 4. The number of hydrogen-bond donors (Lipinski definition) is 1. The summed E-state index contributed by atoms with van der Waals surface area (Å²) in [5.74, 6) is 1.15. The number of nitrogens with one attached hydrogen (secondary N) is 1. The smallest absolute Gasteiger partial charge is 0.262 e. The van der Waals surface area contributed by atoms with E-state index in [1.165, 1.54) is 0 Å². The molecule has 0 spiro atoms. The predicted molar refractivity (Wildman–Crippen MR) is 128 cm³/mol. The van der Waals surface area contributed by atoms with Gasteiger partial charge in [0.05, 0.1) is 5.69 Å². The van der Waals surface area contributed by atoms with Crippen LogP contribution in [-0.2, 0) is 11.4 Å². The minimum atomic E-state index is -0.212. The van der Waals surface area contributed by atoms with Crippen LogP contribution in [0.3, 0.4) is 0 Å². The molecule has 4 aromatic carbocycles. The van der Waals surface area contributed by atoms with E-state index in [2.05, 4.69) is 5.32 Å². The third-order valence-corrected chi connectivity index (χ3v) is 5.66. The van der Waals surface area contributed by atoms with E-state index in [4.69, 9.17) is 9.47 Å². The molecule has 0 bridgehead atoms. The van der Waals surface area contributed by atoms with Gasteiger partial charge in [-0.05, 0) is 54.1 Å². The van der Waals surface area contributed by atoms with Gasteiger partial charge in [0.1, 0.15) is 18.1 Å². The maximum Gasteiger partial charge on any atom is 0.262 e. The lowest BCUT2D eigenvalue weighted by Crippen LogP contribution is -2.20. The zero-order chi connectivity index (χ0) is 22.0. The summed E-state index contributed by atoms with van der Waals surface area (Å²) in [6.07, 6.45) is 0. The van der Waals surface area contributed by atoms with Crippen molar-refractivity contribution >= 4 is 23.4 Å². The zero-order valence-electron chi connectivity index (χ0n) is 17.4. The van der Waals surface area contributed by atoms with Crippen LogP contribution in [0.5, 0.6) is 11.5 Å². The molecule has 0 fully saturated rings. The summed E-state index contributed by atoms with van der Waals surface area (Å²) < 4.78 is 11.4. The molecule has 32 heavy (non-hydrogen) atoms. The molecular weight excluding hydrogens is 418 g/mol. The van der Waals surface area contributed by atoms with Crippen molar-refractivity contribution in [3.8, 4) is 11.5 Å². The molecule has 0 atom stereocenters. The minimum Gasteiger partial charge on any atom is -0.489 e. The van der Waals surface area contributed by atoms with Gasteiger partial charge in [-0.1, -0.05) is 72.4 Å². The van der Waals surface area contributed by atoms with Crippen LogP contribution in [-0.4, -0.2) is 12.5 Å². The van der Waals surface area contributed by atoms with Crippen molar-refractivity contribution in [2.24, 2.45) is 0 Å². The van der Waals surface area contributed by atoms with Crippen LogP contribution >= 0.6 is 11.8 Å². The first kappa shape index (κ1) is 21.5. The van der Waals surface area contributed by atoms with E-state index in [9.17, 15) is 4.79 Å². The Bertz CT molecular complexity index is 1130. The molecule has 0 aliphatic carbocycles. The molecule has 0 aromatic heterocycles. The van der Waals surface area contributed by atoms with Crippen LogP contribution in [0.2, 0.25) is 0 Å². The Kier molecular flexibility index (Phi) is 7.45. The van der Waals surface area contributed by atoms with Crippen molar-refractivity contribution in [2.45, 2.75) is 16.4 Å². The molecule has 0 saturated carbocycles. The van der Waals surface area contributed by atoms with Crippen LogP contribution < -0.4 is 14.8 Å². The first-order valence-corrected chi connectivity index (χ1v) is 11.1. The molecule has 0 aliphatic rings. The van der Waals surface area contributed by atoms with E-state index < -0.39 is 0 Å². The van der Waals surface area contributed by atoms with Crippen molar-refractivity contribution in [2.75, 3.05) is 11.9 Å². The second-order valence-electron chi connectivity index (χ2n) is 6.99. The van der Waals surface area contributed by atoms with Gasteiger partial charge in [0.15, 0.2) is 6.61 Å². The summed E-state index contributed by atoms with van der Waals surface area (Å²) in [5.41, 5.74) is 1.87. The van der Waals surface area contributed by atoms with Gasteiger partial charge in [-0.15, -0.1) is 0 Å². The van der Waals surface area contributed by atoms with Gasteiger partial charge in [-0.3, -0.25) is 4.79 Å². The van der Waals surface area contributed by atoms with Crippen LogP contribution in [0.1, 0.15) is 5.56 Å². The van der Waals surface area contributed by atoms with Crippen molar-refractivity contribution in [3.05, 3.63) is 115 Å². The van der Waals surface area contributed by atoms with Crippen LogP contribution in [0.15, 0.2) is 119 Å². The molecule has 4 aromatic rings. The fourth-order valence-electron chi connectivity index (χ4n) is 2.98. The fourth-order valence-corrected chi connectivity index (χ4v) is 3.91. The normalized spacial score (nSPS) is 10.4. The Labute approximate surface area is 192 Å². The molecule has 4 rings (SSSR count). The monoisotopic (exact) mass is 441 g/mol. The highest BCUT2D eigenvalue weighted by molar-refractivity contribution is 7.99. The molecule has 5 heteroatoms. The lowest BCUT2D eigenvalue weighted by atomic mass is 10.2. The van der Waals surface area contributed by atoms with E-state index >= 15 is 0 Å². The van der Waals surface area contributed by atoms with Crippen molar-refractivity contribution in [3.63, 3.8) is 0 Å². The maximum absolute atomic E-state index is 12.4. The third kappa shape index (κ3) is 6.40. The number of benzene rings is 4. The Morgan fingerprint density at radius 2 is 1.28 bits per heavy atom. The van der Waals surface area contributed by atoms with E-state index in [1.54, 1.807) is 23.9 Å². The third-order valence-electron chi connectivity index (χ3n) is 4.57. The Morgan fingerprint density at radius 1 is 0.688 bits per heavy atom. The van der Waals surface area contributed by atoms with E-state index in [0.29, 0.717) is 12.4 Å². The lowest BCUT2D eigenvalue weighted by molar-refractivity contribution is -0.118. The van der Waals surface area contributed by atoms with Gasteiger partial charge in [-0.25, -0.2) is 0 Å². The highest BCUT2D eigenvalue weighted by Crippen LogP contribution is 2.33. The number of carbonyl (C=O) groups is 1. The summed E-state index contributed by atoms with van der Waals surface area (Å²) in [7, 11) is 0. The second-order valence-corrected chi connectivity index (χ2v) is 8.11. The standard InChI is InChI=1S/C27H23NO3S/c29-27(28-25-13-7-8-14-26(25)32-24-11-5-2-6-12-24)20-31-23-17-15-22(16-18-23)30-19-21-9-3-1-4-10-21/h1-18H,19-20H2,(H,28,29). The topological polar surface area (TPSA) is 47.6 Å². The molecule has 1 amide bonds. The molecular formula is C27H23NO3S. The molecule has 0 heterocycles. The van der Waals surface area contributed by atoms with Crippen LogP contribution in [0, 0.1) is 0 Å². The minimum absolute atomic E-state index is 0.0748. The number of para-hydroxylation sites is 1. The molecule has 4 nitrogen and oxygen atoms in total. The van der Waals surface area contributed by atoms with Gasteiger partial charge >= 0.3 is 0 Å². The van der Waals surface area contributed by atoms with E-state index in [-0.39, 0.29) is 12.5 Å². The van der Waals surface area contributed by atoms with E-state index in [0.717, 1.165) is 26.8 Å². The first-order valence-electron chi connectivity index (χ1n) is 10.3. The number of ether oxygens (including phenoxy) is 2. The number of anilines is 1. The zero-order valence-corrected chi connectivity index (χ0v) is 18.3.